The van der Waals surface area contributed by atoms with Crippen molar-refractivity contribution in [3.8, 4) is 5.75 Å². The van der Waals surface area contributed by atoms with Crippen LogP contribution in [-0.4, -0.2) is 48.4 Å². The molecule has 0 atom stereocenters. The zero-order chi connectivity index (χ0) is 22.5. The summed E-state index contributed by atoms with van der Waals surface area (Å²) in [5, 5.41) is 5.44. The number of alkyl halides is 6. The van der Waals surface area contributed by atoms with E-state index in [1.807, 2.05) is 19.0 Å². The van der Waals surface area contributed by atoms with Crippen LogP contribution in [0.3, 0.4) is 0 Å². The summed E-state index contributed by atoms with van der Waals surface area (Å²) in [5.41, 5.74) is -0.552. The number of halogens is 6. The van der Waals surface area contributed by atoms with E-state index in [1.54, 1.807) is 0 Å². The van der Waals surface area contributed by atoms with Crippen molar-refractivity contribution in [2.24, 2.45) is 0 Å². The Morgan fingerprint density at radius 2 is 1.73 bits per heavy atom. The third-order valence-corrected chi connectivity index (χ3v) is 3.78. The lowest BCUT2D eigenvalue weighted by Gasteiger charge is -2.15. The van der Waals surface area contributed by atoms with Crippen LogP contribution in [0.5, 0.6) is 5.75 Å². The van der Waals surface area contributed by atoms with Gasteiger partial charge in [-0.2, -0.15) is 18.2 Å². The average molecular weight is 437 g/mol. The molecule has 1 heterocycles. The number of ether oxygens (including phenoxy) is 1. The van der Waals surface area contributed by atoms with Crippen molar-refractivity contribution < 1.29 is 31.1 Å². The summed E-state index contributed by atoms with van der Waals surface area (Å²) in [6.45, 7) is 2.57. The van der Waals surface area contributed by atoms with Gasteiger partial charge in [0.15, 0.2) is 5.69 Å². The van der Waals surface area contributed by atoms with E-state index in [9.17, 15) is 26.3 Å². The van der Waals surface area contributed by atoms with Gasteiger partial charge < -0.3 is 20.3 Å². The van der Waals surface area contributed by atoms with Crippen LogP contribution in [-0.2, 0) is 6.18 Å². The molecule has 0 aliphatic carbocycles. The van der Waals surface area contributed by atoms with Crippen LogP contribution in [0, 0.1) is 6.92 Å². The first-order valence-electron chi connectivity index (χ1n) is 8.82. The molecule has 0 bridgehead atoms. The third-order valence-electron chi connectivity index (χ3n) is 3.78. The second kappa shape index (κ2) is 9.37. The van der Waals surface area contributed by atoms with Gasteiger partial charge in [0.1, 0.15) is 11.6 Å². The summed E-state index contributed by atoms with van der Waals surface area (Å²) in [6.07, 6.45) is -8.88. The van der Waals surface area contributed by atoms with Crippen molar-refractivity contribution in [3.05, 3.63) is 35.5 Å². The molecule has 1 aromatic heterocycles. The maximum atomic E-state index is 13.2. The van der Waals surface area contributed by atoms with E-state index in [-0.39, 0.29) is 17.5 Å². The van der Waals surface area contributed by atoms with Gasteiger partial charge in [-0.3, -0.25) is 0 Å². The molecular formula is C18H21F6N5O. The molecule has 0 aliphatic rings. The normalized spacial score (nSPS) is 12.2. The SMILES string of the molecule is Cc1cc(OC(F)(F)F)ccc1Nc1cc(C(F)(F)F)nc(NCCCN(C)C)n1. The molecule has 12 heteroatoms. The highest BCUT2D eigenvalue weighted by Crippen LogP contribution is 2.32. The van der Waals surface area contributed by atoms with Crippen molar-refractivity contribution in [1.29, 1.82) is 0 Å². The Labute approximate surface area is 169 Å². The minimum absolute atomic E-state index is 0.153. The number of hydrogen-bond acceptors (Lipinski definition) is 6. The van der Waals surface area contributed by atoms with Crippen molar-refractivity contribution in [2.75, 3.05) is 37.8 Å². The monoisotopic (exact) mass is 437 g/mol. The van der Waals surface area contributed by atoms with Crippen molar-refractivity contribution in [1.82, 2.24) is 14.9 Å². The van der Waals surface area contributed by atoms with Crippen LogP contribution >= 0.6 is 0 Å². The third kappa shape index (κ3) is 7.58. The largest absolute Gasteiger partial charge is 0.573 e. The number of nitrogens with zero attached hydrogens (tertiary/aromatic N) is 3. The molecule has 6 nitrogen and oxygen atoms in total. The van der Waals surface area contributed by atoms with Gasteiger partial charge >= 0.3 is 12.5 Å². The first kappa shape index (κ1) is 23.5. The zero-order valence-corrected chi connectivity index (χ0v) is 16.4. The molecule has 0 saturated heterocycles. The maximum Gasteiger partial charge on any atom is 0.573 e. The van der Waals surface area contributed by atoms with E-state index in [1.165, 1.54) is 13.0 Å². The molecule has 2 rings (SSSR count). The van der Waals surface area contributed by atoms with E-state index >= 15 is 0 Å². The Morgan fingerprint density at radius 1 is 1.03 bits per heavy atom. The van der Waals surface area contributed by atoms with Gasteiger partial charge in [0.05, 0.1) is 0 Å². The molecular weight excluding hydrogens is 416 g/mol. The van der Waals surface area contributed by atoms with Gasteiger partial charge in [0.2, 0.25) is 5.95 Å². The number of aryl methyl sites for hydroxylation is 1. The Morgan fingerprint density at radius 3 is 2.30 bits per heavy atom. The maximum absolute atomic E-state index is 13.2. The quantitative estimate of drug-likeness (QED) is 0.457. The van der Waals surface area contributed by atoms with Gasteiger partial charge in [0.25, 0.3) is 0 Å². The van der Waals surface area contributed by atoms with E-state index in [2.05, 4.69) is 25.3 Å². The van der Waals surface area contributed by atoms with Gasteiger partial charge in [-0.05, 0) is 57.7 Å². The first-order valence-corrected chi connectivity index (χ1v) is 8.82. The minimum atomic E-state index is -4.84. The highest BCUT2D eigenvalue weighted by molar-refractivity contribution is 5.62. The standard InChI is InChI=1S/C18H21F6N5O/c1-11-9-12(30-18(22,23)24)5-6-13(11)26-15-10-14(17(19,20)21)27-16(28-15)25-7-4-8-29(2)3/h5-6,9-10H,4,7-8H2,1-3H3,(H2,25,26,27,28). The van der Waals surface area contributed by atoms with Crippen molar-refractivity contribution >= 4 is 17.5 Å². The smallest absolute Gasteiger partial charge is 0.406 e. The van der Waals surface area contributed by atoms with Crippen LogP contribution < -0.4 is 15.4 Å². The van der Waals surface area contributed by atoms with Crippen LogP contribution in [0.2, 0.25) is 0 Å². The number of anilines is 3. The van der Waals surface area contributed by atoms with E-state index in [0.29, 0.717) is 18.5 Å². The van der Waals surface area contributed by atoms with Crippen molar-refractivity contribution in [2.45, 2.75) is 25.9 Å². The fourth-order valence-electron chi connectivity index (χ4n) is 2.44. The Balaban J connectivity index is 2.22. The minimum Gasteiger partial charge on any atom is -0.406 e. The molecule has 30 heavy (non-hydrogen) atoms. The van der Waals surface area contributed by atoms with Crippen LogP contribution in [0.25, 0.3) is 0 Å². The summed E-state index contributed by atoms with van der Waals surface area (Å²) in [5.74, 6) is -0.798. The van der Waals surface area contributed by atoms with Gasteiger partial charge in [-0.1, -0.05) is 0 Å². The highest BCUT2D eigenvalue weighted by atomic mass is 19.4. The first-order chi connectivity index (χ1) is 13.8. The topological polar surface area (TPSA) is 62.3 Å². The average Bonchev–Trinajstić information content (AvgIpc) is 2.59. The van der Waals surface area contributed by atoms with Crippen molar-refractivity contribution in [3.63, 3.8) is 0 Å². The fraction of sp³-hybridized carbons (Fsp3) is 0.444. The molecule has 2 aromatic rings. The van der Waals surface area contributed by atoms with E-state index < -0.39 is 24.0 Å². The predicted molar refractivity (Wildman–Crippen MR) is 99.8 cm³/mol. The summed E-state index contributed by atoms with van der Waals surface area (Å²) < 4.78 is 80.4. The predicted octanol–water partition coefficient (Wildman–Crippen LogP) is 4.81. The van der Waals surface area contributed by atoms with Crippen LogP contribution in [0.15, 0.2) is 24.3 Å². The molecule has 0 saturated carbocycles. The Bertz CT molecular complexity index is 854. The number of hydrogen-bond donors (Lipinski definition) is 2. The molecule has 0 spiro atoms. The molecule has 0 amide bonds. The molecule has 1 aromatic carbocycles. The zero-order valence-electron chi connectivity index (χ0n) is 16.4. The lowest BCUT2D eigenvalue weighted by atomic mass is 10.2. The van der Waals surface area contributed by atoms with E-state index in [0.717, 1.165) is 24.7 Å². The van der Waals surface area contributed by atoms with E-state index in [4.69, 9.17) is 0 Å². The van der Waals surface area contributed by atoms with Gasteiger partial charge in [-0.25, -0.2) is 4.98 Å². The van der Waals surface area contributed by atoms with Gasteiger partial charge in [0, 0.05) is 18.3 Å². The summed E-state index contributed by atoms with van der Waals surface area (Å²) in [4.78, 5) is 9.44. The number of aromatic nitrogens is 2. The molecule has 0 unspecified atom stereocenters. The number of benzene rings is 1. The number of nitrogens with one attached hydrogen (secondary N) is 2. The highest BCUT2D eigenvalue weighted by Gasteiger charge is 2.34. The second-order valence-electron chi connectivity index (χ2n) is 6.69. The van der Waals surface area contributed by atoms with Crippen LogP contribution in [0.1, 0.15) is 17.7 Å². The van der Waals surface area contributed by atoms with Gasteiger partial charge in [-0.15, -0.1) is 13.2 Å². The Hall–Kier alpha value is -2.76. The Kier molecular flexibility index (Phi) is 7.34. The lowest BCUT2D eigenvalue weighted by Crippen LogP contribution is -2.18. The lowest BCUT2D eigenvalue weighted by molar-refractivity contribution is -0.274. The molecule has 0 aliphatic heterocycles. The van der Waals surface area contributed by atoms with Crippen LogP contribution in [0.4, 0.5) is 43.8 Å². The summed E-state index contributed by atoms with van der Waals surface area (Å²) in [6, 6.07) is 4.15. The number of rotatable bonds is 8. The molecule has 166 valence electrons. The molecule has 0 radical (unpaired) electrons. The second-order valence-corrected chi connectivity index (χ2v) is 6.69. The molecule has 0 fully saturated rings. The summed E-state index contributed by atoms with van der Waals surface area (Å²) in [7, 11) is 3.74. The fourth-order valence-corrected chi connectivity index (χ4v) is 2.44. The molecule has 2 N–H and O–H groups in total. The summed E-state index contributed by atoms with van der Waals surface area (Å²) >= 11 is 0.